The fourth-order valence-electron chi connectivity index (χ4n) is 2.58. The lowest BCUT2D eigenvalue weighted by Gasteiger charge is -2.10. The summed E-state index contributed by atoms with van der Waals surface area (Å²) in [6.07, 6.45) is 1.45. The highest BCUT2D eigenvalue weighted by Crippen LogP contribution is 2.33. The number of hydrogen-bond donors (Lipinski definition) is 0. The standard InChI is InChI=1S/C20H17NO7S/c1-3-27-17(22)11-21-18(23)16(29-20(21)25)10-14-8-9-15(28-14)12-4-6-13(7-5-12)19(24)26-2/h4-10H,3,11H2,1-2H3/b16-10+. The largest absolute Gasteiger partial charge is 0.465 e. The number of furan rings is 1. The third-order valence-electron chi connectivity index (χ3n) is 3.96. The van der Waals surface area contributed by atoms with Crippen LogP contribution in [0.25, 0.3) is 17.4 Å². The molecule has 0 atom stereocenters. The molecular formula is C20H17NO7S. The van der Waals surface area contributed by atoms with Gasteiger partial charge in [-0.05, 0) is 43.0 Å². The average molecular weight is 415 g/mol. The number of hydrogen-bond acceptors (Lipinski definition) is 8. The molecule has 1 aromatic heterocycles. The first-order valence-electron chi connectivity index (χ1n) is 8.62. The minimum Gasteiger partial charge on any atom is -0.465 e. The van der Waals surface area contributed by atoms with Crippen LogP contribution in [0, 0.1) is 0 Å². The molecule has 0 saturated carbocycles. The summed E-state index contributed by atoms with van der Waals surface area (Å²) in [5.74, 6) is -0.757. The average Bonchev–Trinajstić information content (AvgIpc) is 3.28. The molecule has 0 spiro atoms. The molecule has 0 unspecified atom stereocenters. The van der Waals surface area contributed by atoms with Gasteiger partial charge in [0.25, 0.3) is 11.1 Å². The first-order chi connectivity index (χ1) is 13.9. The number of thioether (sulfide) groups is 1. The van der Waals surface area contributed by atoms with E-state index in [1.165, 1.54) is 13.2 Å². The van der Waals surface area contributed by atoms with E-state index in [-0.39, 0.29) is 11.5 Å². The summed E-state index contributed by atoms with van der Waals surface area (Å²) in [5, 5.41) is -0.542. The van der Waals surface area contributed by atoms with E-state index >= 15 is 0 Å². The number of esters is 2. The Balaban J connectivity index is 1.74. The fourth-order valence-corrected chi connectivity index (χ4v) is 3.39. The van der Waals surface area contributed by atoms with Gasteiger partial charge in [-0.25, -0.2) is 4.79 Å². The quantitative estimate of drug-likeness (QED) is 0.523. The van der Waals surface area contributed by atoms with E-state index in [0.29, 0.717) is 17.1 Å². The Morgan fingerprint density at radius 1 is 1.14 bits per heavy atom. The molecule has 0 aliphatic carbocycles. The highest BCUT2D eigenvalue weighted by Gasteiger charge is 2.36. The molecule has 8 nitrogen and oxygen atoms in total. The van der Waals surface area contributed by atoms with Crippen molar-refractivity contribution >= 4 is 40.9 Å². The number of amides is 2. The van der Waals surface area contributed by atoms with Crippen molar-refractivity contribution in [3.8, 4) is 11.3 Å². The van der Waals surface area contributed by atoms with E-state index in [9.17, 15) is 19.2 Å². The van der Waals surface area contributed by atoms with E-state index in [4.69, 9.17) is 9.15 Å². The Kier molecular flexibility index (Phi) is 6.18. The van der Waals surface area contributed by atoms with Gasteiger partial charge in [-0.2, -0.15) is 0 Å². The summed E-state index contributed by atoms with van der Waals surface area (Å²) < 4.78 is 15.2. The van der Waals surface area contributed by atoms with E-state index in [1.807, 2.05) is 0 Å². The number of carbonyl (C=O) groups is 4. The smallest absolute Gasteiger partial charge is 0.337 e. The zero-order valence-corrected chi connectivity index (χ0v) is 16.5. The third kappa shape index (κ3) is 4.57. The van der Waals surface area contributed by atoms with Crippen LogP contribution >= 0.6 is 11.8 Å². The summed E-state index contributed by atoms with van der Waals surface area (Å²) in [5.41, 5.74) is 1.14. The maximum Gasteiger partial charge on any atom is 0.337 e. The first-order valence-corrected chi connectivity index (χ1v) is 9.44. The van der Waals surface area contributed by atoms with Crippen molar-refractivity contribution in [1.29, 1.82) is 0 Å². The molecule has 1 aliphatic heterocycles. The van der Waals surface area contributed by atoms with Gasteiger partial charge in [0.05, 0.1) is 24.2 Å². The Hall–Kier alpha value is -3.33. The van der Waals surface area contributed by atoms with Crippen LogP contribution < -0.4 is 0 Å². The molecule has 2 heterocycles. The molecule has 1 saturated heterocycles. The summed E-state index contributed by atoms with van der Waals surface area (Å²) in [4.78, 5) is 48.4. The Morgan fingerprint density at radius 3 is 2.52 bits per heavy atom. The number of rotatable bonds is 6. The van der Waals surface area contributed by atoms with Gasteiger partial charge in [-0.1, -0.05) is 12.1 Å². The number of imide groups is 1. The first kappa shape index (κ1) is 20.4. The predicted molar refractivity (Wildman–Crippen MR) is 105 cm³/mol. The van der Waals surface area contributed by atoms with Crippen molar-refractivity contribution in [2.24, 2.45) is 0 Å². The van der Waals surface area contributed by atoms with Crippen LogP contribution in [0.5, 0.6) is 0 Å². The van der Waals surface area contributed by atoms with Crippen LogP contribution in [0.4, 0.5) is 4.79 Å². The lowest BCUT2D eigenvalue weighted by Crippen LogP contribution is -2.34. The van der Waals surface area contributed by atoms with Gasteiger partial charge in [0.15, 0.2) is 0 Å². The van der Waals surface area contributed by atoms with E-state index in [2.05, 4.69) is 4.74 Å². The summed E-state index contributed by atoms with van der Waals surface area (Å²) >= 11 is 0.729. The summed E-state index contributed by atoms with van der Waals surface area (Å²) in [6, 6.07) is 10.0. The minimum absolute atomic E-state index is 0.154. The van der Waals surface area contributed by atoms with Crippen LogP contribution in [0.1, 0.15) is 23.0 Å². The van der Waals surface area contributed by atoms with Crippen molar-refractivity contribution in [2.75, 3.05) is 20.3 Å². The molecule has 0 radical (unpaired) electrons. The highest BCUT2D eigenvalue weighted by atomic mass is 32.2. The molecule has 1 aromatic carbocycles. The lowest BCUT2D eigenvalue weighted by atomic mass is 10.1. The van der Waals surface area contributed by atoms with E-state index < -0.39 is 29.6 Å². The van der Waals surface area contributed by atoms with Gasteiger partial charge in [-0.3, -0.25) is 19.3 Å². The third-order valence-corrected chi connectivity index (χ3v) is 4.86. The van der Waals surface area contributed by atoms with Crippen LogP contribution in [0.3, 0.4) is 0 Å². The highest BCUT2D eigenvalue weighted by molar-refractivity contribution is 8.18. The maximum atomic E-state index is 12.4. The van der Waals surface area contributed by atoms with Gasteiger partial charge < -0.3 is 13.9 Å². The Morgan fingerprint density at radius 2 is 1.86 bits per heavy atom. The van der Waals surface area contributed by atoms with Crippen LogP contribution in [-0.4, -0.2) is 48.2 Å². The monoisotopic (exact) mass is 415 g/mol. The zero-order chi connectivity index (χ0) is 21.0. The second kappa shape index (κ2) is 8.78. The van der Waals surface area contributed by atoms with Gasteiger partial charge in [0.1, 0.15) is 18.1 Å². The SMILES string of the molecule is CCOC(=O)CN1C(=O)S/C(=C/c2ccc(-c3ccc(C(=O)OC)cc3)o2)C1=O. The minimum atomic E-state index is -0.647. The van der Waals surface area contributed by atoms with Gasteiger partial charge >= 0.3 is 11.9 Å². The predicted octanol–water partition coefficient (Wildman–Crippen LogP) is 3.33. The lowest BCUT2D eigenvalue weighted by molar-refractivity contribution is -0.145. The number of nitrogens with zero attached hydrogens (tertiary/aromatic N) is 1. The number of methoxy groups -OCH3 is 1. The summed E-state index contributed by atoms with van der Waals surface area (Å²) in [7, 11) is 1.31. The summed E-state index contributed by atoms with van der Waals surface area (Å²) in [6.45, 7) is 1.38. The van der Waals surface area contributed by atoms with Gasteiger partial charge in [0, 0.05) is 11.6 Å². The van der Waals surface area contributed by atoms with Crippen molar-refractivity contribution in [1.82, 2.24) is 4.90 Å². The molecule has 3 rings (SSSR count). The Bertz CT molecular complexity index is 991. The second-order valence-electron chi connectivity index (χ2n) is 5.84. The Labute approximate surface area is 170 Å². The molecule has 1 aliphatic rings. The van der Waals surface area contributed by atoms with Gasteiger partial charge in [0.2, 0.25) is 0 Å². The van der Waals surface area contributed by atoms with Crippen molar-refractivity contribution < 1.29 is 33.1 Å². The van der Waals surface area contributed by atoms with Gasteiger partial charge in [-0.15, -0.1) is 0 Å². The normalized spacial score (nSPS) is 15.1. The zero-order valence-electron chi connectivity index (χ0n) is 15.7. The molecule has 2 aromatic rings. The number of ether oxygens (including phenoxy) is 2. The van der Waals surface area contributed by atoms with Crippen LogP contribution in [0.15, 0.2) is 45.7 Å². The molecule has 9 heteroatoms. The topological polar surface area (TPSA) is 103 Å². The molecule has 0 N–H and O–H groups in total. The second-order valence-corrected chi connectivity index (χ2v) is 6.84. The van der Waals surface area contributed by atoms with Crippen molar-refractivity contribution in [3.63, 3.8) is 0 Å². The van der Waals surface area contributed by atoms with E-state index in [1.54, 1.807) is 43.3 Å². The fraction of sp³-hybridized carbons (Fsp3) is 0.200. The van der Waals surface area contributed by atoms with Crippen molar-refractivity contribution in [3.05, 3.63) is 52.6 Å². The molecule has 29 heavy (non-hydrogen) atoms. The molecule has 2 amide bonds. The number of benzene rings is 1. The molecule has 1 fully saturated rings. The maximum absolute atomic E-state index is 12.4. The van der Waals surface area contributed by atoms with Crippen molar-refractivity contribution in [2.45, 2.75) is 6.92 Å². The molecule has 0 bridgehead atoms. The van der Waals surface area contributed by atoms with Crippen LogP contribution in [-0.2, 0) is 19.1 Å². The number of carbonyl (C=O) groups excluding carboxylic acids is 4. The molecule has 150 valence electrons. The van der Waals surface area contributed by atoms with E-state index in [0.717, 1.165) is 22.2 Å². The molecular weight excluding hydrogens is 398 g/mol. The van der Waals surface area contributed by atoms with Crippen LogP contribution in [0.2, 0.25) is 0 Å².